The Kier molecular flexibility index (Phi) is 4.80. The monoisotopic (exact) mass is 413 g/mol. The van der Waals surface area contributed by atoms with E-state index in [0.29, 0.717) is 24.2 Å². The minimum Gasteiger partial charge on any atom is -0.331 e. The third-order valence-corrected chi connectivity index (χ3v) is 5.77. The Morgan fingerprint density at radius 2 is 2.10 bits per heavy atom. The molecule has 2 aliphatic heterocycles. The van der Waals surface area contributed by atoms with Gasteiger partial charge in [-0.25, -0.2) is 8.78 Å². The zero-order valence-electron chi connectivity index (χ0n) is 16.5. The van der Waals surface area contributed by atoms with Crippen LogP contribution in [0.25, 0.3) is 0 Å². The van der Waals surface area contributed by atoms with Gasteiger partial charge in [-0.3, -0.25) is 14.3 Å². The topological polar surface area (TPSA) is 82.2 Å². The molecule has 1 aromatic heterocycles. The average molecular weight is 413 g/mol. The van der Waals surface area contributed by atoms with Crippen LogP contribution in [-0.2, 0) is 11.8 Å². The van der Waals surface area contributed by atoms with Crippen molar-refractivity contribution in [3.05, 3.63) is 47.8 Å². The molecule has 0 N–H and O–H groups in total. The van der Waals surface area contributed by atoms with E-state index in [4.69, 9.17) is 5.26 Å². The lowest BCUT2D eigenvalue weighted by Crippen LogP contribution is -2.62. The molecule has 2 amide bonds. The predicted molar refractivity (Wildman–Crippen MR) is 104 cm³/mol. The molecule has 0 unspecified atom stereocenters. The number of alkyl halides is 2. The van der Waals surface area contributed by atoms with Crippen LogP contribution in [0.15, 0.2) is 36.7 Å². The number of rotatable bonds is 2. The molecule has 2 fully saturated rings. The first-order valence-electron chi connectivity index (χ1n) is 9.71. The molecule has 9 heteroatoms. The summed E-state index contributed by atoms with van der Waals surface area (Å²) in [5.41, 5.74) is -0.243. The molecular formula is C21H21F2N5O2. The number of anilines is 1. The number of benzene rings is 1. The molecule has 1 atom stereocenters. The maximum Gasteiger partial charge on any atom is 0.266 e. The van der Waals surface area contributed by atoms with Crippen LogP contribution in [0, 0.1) is 16.7 Å². The Morgan fingerprint density at radius 3 is 2.80 bits per heavy atom. The van der Waals surface area contributed by atoms with Crippen LogP contribution in [0.3, 0.4) is 0 Å². The van der Waals surface area contributed by atoms with E-state index in [9.17, 15) is 18.4 Å². The summed E-state index contributed by atoms with van der Waals surface area (Å²) in [4.78, 5) is 28.8. The third-order valence-electron chi connectivity index (χ3n) is 5.77. The Balaban J connectivity index is 1.66. The van der Waals surface area contributed by atoms with Crippen LogP contribution < -0.4 is 4.90 Å². The Hall–Kier alpha value is -3.28. The fourth-order valence-electron chi connectivity index (χ4n) is 4.54. The minimum absolute atomic E-state index is 0.0659. The van der Waals surface area contributed by atoms with Gasteiger partial charge in [-0.15, -0.1) is 0 Å². The smallest absolute Gasteiger partial charge is 0.266 e. The molecule has 30 heavy (non-hydrogen) atoms. The molecule has 0 aliphatic carbocycles. The number of carbonyl (C=O) groups excluding carboxylic acids is 2. The van der Waals surface area contributed by atoms with Gasteiger partial charge in [0.2, 0.25) is 5.91 Å². The summed E-state index contributed by atoms with van der Waals surface area (Å²) < 4.78 is 30.9. The van der Waals surface area contributed by atoms with Crippen molar-refractivity contribution < 1.29 is 18.4 Å². The van der Waals surface area contributed by atoms with E-state index in [1.54, 1.807) is 31.3 Å². The predicted octanol–water partition coefficient (Wildman–Crippen LogP) is 2.59. The van der Waals surface area contributed by atoms with Crippen molar-refractivity contribution in [3.8, 4) is 6.07 Å². The van der Waals surface area contributed by atoms with Crippen LogP contribution in [0.1, 0.15) is 35.2 Å². The number of hydrogen-bond donors (Lipinski definition) is 0. The number of aryl methyl sites for hydroxylation is 1. The molecule has 156 valence electrons. The van der Waals surface area contributed by atoms with Gasteiger partial charge in [-0.2, -0.15) is 10.4 Å². The summed E-state index contributed by atoms with van der Waals surface area (Å²) in [5, 5.41) is 13.1. The highest BCUT2D eigenvalue weighted by atomic mass is 19.3. The summed E-state index contributed by atoms with van der Waals surface area (Å²) in [6.45, 7) is -0.402. The first-order valence-corrected chi connectivity index (χ1v) is 9.71. The number of halogens is 2. The fraction of sp³-hybridized carbons (Fsp3) is 0.429. The molecule has 2 saturated heterocycles. The summed E-state index contributed by atoms with van der Waals surface area (Å²) >= 11 is 0. The van der Waals surface area contributed by atoms with Crippen LogP contribution in [0.2, 0.25) is 0 Å². The third kappa shape index (κ3) is 3.54. The van der Waals surface area contributed by atoms with E-state index in [-0.39, 0.29) is 18.5 Å². The van der Waals surface area contributed by atoms with Gasteiger partial charge in [0.05, 0.1) is 35.4 Å². The van der Waals surface area contributed by atoms with Crippen molar-refractivity contribution in [1.29, 1.82) is 5.26 Å². The Labute approximate surface area is 172 Å². The highest BCUT2D eigenvalue weighted by molar-refractivity contribution is 6.00. The Bertz CT molecular complexity index is 1040. The van der Waals surface area contributed by atoms with Crippen molar-refractivity contribution >= 4 is 17.5 Å². The van der Waals surface area contributed by atoms with Crippen LogP contribution >= 0.6 is 0 Å². The molecule has 2 aliphatic rings. The summed E-state index contributed by atoms with van der Waals surface area (Å²) in [6, 6.07) is 8.58. The number of nitrogens with zero attached hydrogens (tertiary/aromatic N) is 5. The molecule has 1 spiro atoms. The number of piperidine rings is 2. The van der Waals surface area contributed by atoms with Crippen LogP contribution in [0.4, 0.5) is 14.5 Å². The zero-order chi connectivity index (χ0) is 21.5. The summed E-state index contributed by atoms with van der Waals surface area (Å²) in [7, 11) is 1.64. The van der Waals surface area contributed by atoms with Crippen molar-refractivity contribution in [3.63, 3.8) is 0 Å². The fourth-order valence-corrected chi connectivity index (χ4v) is 4.54. The number of likely N-dealkylation sites (tertiary alicyclic amines) is 1. The van der Waals surface area contributed by atoms with Gasteiger partial charge in [-0.1, -0.05) is 6.07 Å². The van der Waals surface area contributed by atoms with Crippen LogP contribution in [-0.4, -0.2) is 52.1 Å². The van der Waals surface area contributed by atoms with Crippen molar-refractivity contribution in [2.24, 2.45) is 12.5 Å². The van der Waals surface area contributed by atoms with Gasteiger partial charge < -0.3 is 9.80 Å². The van der Waals surface area contributed by atoms with Crippen molar-refractivity contribution in [2.75, 3.05) is 24.5 Å². The van der Waals surface area contributed by atoms with E-state index in [1.807, 2.05) is 6.07 Å². The standard InChI is InChI=1S/C21H21F2N5O2/c1-26-11-16(10-25-26)18(29)27-13-20(12-21(22,23)14-27)6-3-7-28(19(20)30)17-5-2-4-15(8-17)9-24/h2,4-5,8,10-11H,3,6-7,12-14H2,1H3/t20-/m1/s1. The lowest BCUT2D eigenvalue weighted by atomic mass is 9.71. The number of hydrogen-bond acceptors (Lipinski definition) is 4. The molecule has 3 heterocycles. The normalized spacial score (nSPS) is 23.5. The lowest BCUT2D eigenvalue weighted by molar-refractivity contribution is -0.150. The zero-order valence-corrected chi connectivity index (χ0v) is 16.5. The van der Waals surface area contributed by atoms with Crippen molar-refractivity contribution in [1.82, 2.24) is 14.7 Å². The number of carbonyl (C=O) groups is 2. The molecule has 1 aromatic carbocycles. The van der Waals surface area contributed by atoms with E-state index < -0.39 is 36.1 Å². The van der Waals surface area contributed by atoms with E-state index in [0.717, 1.165) is 4.90 Å². The van der Waals surface area contributed by atoms with Gasteiger partial charge in [0.15, 0.2) is 0 Å². The summed E-state index contributed by atoms with van der Waals surface area (Å²) in [5.74, 6) is -4.16. The van der Waals surface area contributed by atoms with Gasteiger partial charge in [0.1, 0.15) is 0 Å². The van der Waals surface area contributed by atoms with E-state index in [1.165, 1.54) is 22.0 Å². The second-order valence-corrected chi connectivity index (χ2v) is 8.10. The minimum atomic E-state index is -3.18. The maximum absolute atomic E-state index is 14.8. The number of nitriles is 1. The van der Waals surface area contributed by atoms with E-state index >= 15 is 0 Å². The number of aromatic nitrogens is 2. The number of amides is 2. The highest BCUT2D eigenvalue weighted by Gasteiger charge is 2.56. The molecule has 0 saturated carbocycles. The second-order valence-electron chi connectivity index (χ2n) is 8.10. The summed E-state index contributed by atoms with van der Waals surface area (Å²) in [6.07, 6.45) is 3.04. The second kappa shape index (κ2) is 7.20. The first kappa shape index (κ1) is 20.0. The first-order chi connectivity index (χ1) is 14.2. The Morgan fingerprint density at radius 1 is 1.30 bits per heavy atom. The molecular weight excluding hydrogens is 392 g/mol. The maximum atomic E-state index is 14.8. The average Bonchev–Trinajstić information content (AvgIpc) is 3.14. The van der Waals surface area contributed by atoms with Gasteiger partial charge in [0, 0.05) is 38.4 Å². The van der Waals surface area contributed by atoms with Gasteiger partial charge >= 0.3 is 0 Å². The molecule has 4 rings (SSSR count). The quantitative estimate of drug-likeness (QED) is 0.758. The SMILES string of the molecule is Cn1cc(C(=O)N2CC(F)(F)C[C@]3(CCCN(c4cccc(C#N)c4)C3=O)C2)cn1. The van der Waals surface area contributed by atoms with Gasteiger partial charge in [-0.05, 0) is 31.0 Å². The molecule has 0 radical (unpaired) electrons. The van der Waals surface area contributed by atoms with E-state index in [2.05, 4.69) is 5.10 Å². The van der Waals surface area contributed by atoms with Crippen LogP contribution in [0.5, 0.6) is 0 Å². The van der Waals surface area contributed by atoms with Gasteiger partial charge in [0.25, 0.3) is 11.8 Å². The lowest BCUT2D eigenvalue weighted by Gasteiger charge is -2.49. The molecule has 7 nitrogen and oxygen atoms in total. The largest absolute Gasteiger partial charge is 0.331 e. The molecule has 2 aromatic rings. The highest BCUT2D eigenvalue weighted by Crippen LogP contribution is 2.46. The van der Waals surface area contributed by atoms with Crippen molar-refractivity contribution in [2.45, 2.75) is 25.2 Å². The molecule has 0 bridgehead atoms.